The average molecular weight is 252 g/mol. The molecule has 1 aromatic rings. The number of anilines is 1. The van der Waals surface area contributed by atoms with Gasteiger partial charge in [-0.3, -0.25) is 4.79 Å². The Morgan fingerprint density at radius 2 is 2.29 bits per heavy atom. The third kappa shape index (κ3) is 3.67. The second kappa shape index (κ2) is 6.15. The minimum absolute atomic E-state index is 0.0608. The van der Waals surface area contributed by atoms with E-state index < -0.39 is 0 Å². The Hall–Kier alpha value is -1.69. The topological polar surface area (TPSA) is 71.2 Å². The van der Waals surface area contributed by atoms with E-state index in [0.29, 0.717) is 18.1 Å². The Labute approximate surface area is 106 Å². The molecule has 1 rings (SSSR count). The standard InChI is InChI=1S/C11H16N4OS/c1-3-15(7-10(16)13-2)9-6-4-5-8(14-9)11(12)17/h4-6H,3,7H2,1-2H3,(H2,12,17)(H,13,16). The zero-order chi connectivity index (χ0) is 12.8. The fourth-order valence-electron chi connectivity index (χ4n) is 1.34. The van der Waals surface area contributed by atoms with Gasteiger partial charge in [-0.2, -0.15) is 0 Å². The van der Waals surface area contributed by atoms with E-state index in [9.17, 15) is 4.79 Å². The van der Waals surface area contributed by atoms with Crippen LogP contribution in [0.2, 0.25) is 0 Å². The molecule has 1 aromatic heterocycles. The number of hydrogen-bond acceptors (Lipinski definition) is 4. The molecule has 6 heteroatoms. The van der Waals surface area contributed by atoms with Gasteiger partial charge < -0.3 is 16.0 Å². The summed E-state index contributed by atoms with van der Waals surface area (Å²) in [5.41, 5.74) is 6.09. The normalized spacial score (nSPS) is 9.76. The van der Waals surface area contributed by atoms with Gasteiger partial charge in [0.1, 0.15) is 10.8 Å². The number of nitrogens with two attached hydrogens (primary N) is 1. The van der Waals surface area contributed by atoms with Crippen LogP contribution in [0.5, 0.6) is 0 Å². The Kier molecular flexibility index (Phi) is 4.84. The van der Waals surface area contributed by atoms with Crippen LogP contribution in [0.15, 0.2) is 18.2 Å². The lowest BCUT2D eigenvalue weighted by atomic mass is 10.3. The van der Waals surface area contributed by atoms with Crippen molar-refractivity contribution < 1.29 is 4.79 Å². The SMILES string of the molecule is CCN(CC(=O)NC)c1cccc(C(N)=S)n1. The predicted molar refractivity (Wildman–Crippen MR) is 72.1 cm³/mol. The molecule has 0 saturated heterocycles. The summed E-state index contributed by atoms with van der Waals surface area (Å²) in [6.45, 7) is 2.90. The lowest BCUT2D eigenvalue weighted by molar-refractivity contribution is -0.119. The second-order valence-electron chi connectivity index (χ2n) is 3.43. The van der Waals surface area contributed by atoms with Crippen molar-refractivity contribution in [3.05, 3.63) is 23.9 Å². The maximum Gasteiger partial charge on any atom is 0.239 e. The molecule has 1 heterocycles. The van der Waals surface area contributed by atoms with Gasteiger partial charge in [0.15, 0.2) is 0 Å². The number of aromatic nitrogens is 1. The maximum atomic E-state index is 11.3. The first-order valence-corrected chi connectivity index (χ1v) is 5.71. The van der Waals surface area contributed by atoms with Crippen LogP contribution in [-0.2, 0) is 4.79 Å². The summed E-state index contributed by atoms with van der Waals surface area (Å²) in [6.07, 6.45) is 0. The molecule has 0 aromatic carbocycles. The number of amides is 1. The highest BCUT2D eigenvalue weighted by atomic mass is 32.1. The van der Waals surface area contributed by atoms with Crippen LogP contribution >= 0.6 is 12.2 Å². The van der Waals surface area contributed by atoms with Crippen LogP contribution in [0, 0.1) is 0 Å². The highest BCUT2D eigenvalue weighted by Crippen LogP contribution is 2.10. The van der Waals surface area contributed by atoms with Crippen molar-refractivity contribution >= 4 is 28.9 Å². The van der Waals surface area contributed by atoms with E-state index in [1.807, 2.05) is 24.0 Å². The van der Waals surface area contributed by atoms with Crippen molar-refractivity contribution in [2.24, 2.45) is 5.73 Å². The Morgan fingerprint density at radius 3 is 2.82 bits per heavy atom. The fraction of sp³-hybridized carbons (Fsp3) is 0.364. The van der Waals surface area contributed by atoms with Gasteiger partial charge in [-0.15, -0.1) is 0 Å². The summed E-state index contributed by atoms with van der Waals surface area (Å²) < 4.78 is 0. The van der Waals surface area contributed by atoms with Crippen LogP contribution in [0.3, 0.4) is 0 Å². The summed E-state index contributed by atoms with van der Waals surface area (Å²) in [5, 5.41) is 2.58. The number of thiocarbonyl (C=S) groups is 1. The maximum absolute atomic E-state index is 11.3. The predicted octanol–water partition coefficient (Wildman–Crippen LogP) is 0.288. The molecule has 0 radical (unpaired) electrons. The molecular formula is C11H16N4OS. The molecule has 0 fully saturated rings. The summed E-state index contributed by atoms with van der Waals surface area (Å²) in [5.74, 6) is 0.635. The zero-order valence-corrected chi connectivity index (χ0v) is 10.8. The Balaban J connectivity index is 2.91. The number of hydrogen-bond donors (Lipinski definition) is 2. The van der Waals surface area contributed by atoms with Crippen molar-refractivity contribution in [1.82, 2.24) is 10.3 Å². The smallest absolute Gasteiger partial charge is 0.239 e. The zero-order valence-electron chi connectivity index (χ0n) is 9.93. The number of carbonyl (C=O) groups excluding carboxylic acids is 1. The highest BCUT2D eigenvalue weighted by Gasteiger charge is 2.10. The first-order valence-electron chi connectivity index (χ1n) is 5.30. The van der Waals surface area contributed by atoms with Crippen molar-refractivity contribution in [3.63, 3.8) is 0 Å². The monoisotopic (exact) mass is 252 g/mol. The van der Waals surface area contributed by atoms with Gasteiger partial charge in [-0.25, -0.2) is 4.98 Å². The van der Waals surface area contributed by atoms with Crippen molar-refractivity contribution in [2.45, 2.75) is 6.92 Å². The largest absolute Gasteiger partial charge is 0.388 e. The summed E-state index contributed by atoms with van der Waals surface area (Å²) in [4.78, 5) is 17.8. The molecule has 0 saturated carbocycles. The Bertz CT molecular complexity index is 422. The molecule has 0 aliphatic carbocycles. The van der Waals surface area contributed by atoms with Crippen LogP contribution in [-0.4, -0.2) is 36.0 Å². The number of rotatable bonds is 5. The highest BCUT2D eigenvalue weighted by molar-refractivity contribution is 7.80. The lowest BCUT2D eigenvalue weighted by Gasteiger charge is -2.21. The number of carbonyl (C=O) groups is 1. The van der Waals surface area contributed by atoms with E-state index >= 15 is 0 Å². The summed E-state index contributed by atoms with van der Waals surface area (Å²) >= 11 is 4.87. The van der Waals surface area contributed by atoms with E-state index in [4.69, 9.17) is 18.0 Å². The molecule has 0 unspecified atom stereocenters. The van der Waals surface area contributed by atoms with Gasteiger partial charge in [-0.1, -0.05) is 18.3 Å². The number of pyridine rings is 1. The number of nitrogens with one attached hydrogen (secondary N) is 1. The van der Waals surface area contributed by atoms with Crippen molar-refractivity contribution in [3.8, 4) is 0 Å². The average Bonchev–Trinajstić information content (AvgIpc) is 2.35. The minimum Gasteiger partial charge on any atom is -0.388 e. The molecule has 0 atom stereocenters. The first kappa shape index (κ1) is 13.4. The molecular weight excluding hydrogens is 236 g/mol. The van der Waals surface area contributed by atoms with E-state index in [1.165, 1.54) is 0 Å². The Morgan fingerprint density at radius 1 is 1.59 bits per heavy atom. The van der Waals surface area contributed by atoms with Crippen molar-refractivity contribution in [2.75, 3.05) is 25.0 Å². The molecule has 0 bridgehead atoms. The molecule has 0 aliphatic heterocycles. The van der Waals surface area contributed by atoms with E-state index in [1.54, 1.807) is 13.1 Å². The lowest BCUT2D eigenvalue weighted by Crippen LogP contribution is -2.36. The molecule has 0 aliphatic rings. The van der Waals surface area contributed by atoms with Crippen LogP contribution < -0.4 is 16.0 Å². The van der Waals surface area contributed by atoms with Gasteiger partial charge >= 0.3 is 0 Å². The minimum atomic E-state index is -0.0608. The van der Waals surface area contributed by atoms with Crippen LogP contribution in [0.1, 0.15) is 12.6 Å². The first-order chi connectivity index (χ1) is 8.08. The summed E-state index contributed by atoms with van der Waals surface area (Å²) in [6, 6.07) is 5.40. The van der Waals surface area contributed by atoms with Gasteiger partial charge in [0.2, 0.25) is 5.91 Å². The van der Waals surface area contributed by atoms with Crippen LogP contribution in [0.4, 0.5) is 5.82 Å². The number of nitrogens with zero attached hydrogens (tertiary/aromatic N) is 2. The number of likely N-dealkylation sites (N-methyl/N-ethyl adjacent to an activating group) is 2. The molecule has 5 nitrogen and oxygen atoms in total. The van der Waals surface area contributed by atoms with E-state index in [-0.39, 0.29) is 17.4 Å². The van der Waals surface area contributed by atoms with Gasteiger partial charge in [0.25, 0.3) is 0 Å². The summed E-state index contributed by atoms with van der Waals surface area (Å²) in [7, 11) is 1.61. The third-order valence-corrected chi connectivity index (χ3v) is 2.52. The second-order valence-corrected chi connectivity index (χ2v) is 3.87. The van der Waals surface area contributed by atoms with Crippen molar-refractivity contribution in [1.29, 1.82) is 0 Å². The third-order valence-electron chi connectivity index (χ3n) is 2.31. The molecule has 17 heavy (non-hydrogen) atoms. The quantitative estimate of drug-likeness (QED) is 0.737. The molecule has 92 valence electrons. The van der Waals surface area contributed by atoms with Gasteiger partial charge in [0.05, 0.1) is 12.2 Å². The fourth-order valence-corrected chi connectivity index (χ4v) is 1.46. The van der Waals surface area contributed by atoms with E-state index in [2.05, 4.69) is 10.3 Å². The van der Waals surface area contributed by atoms with Gasteiger partial charge in [0, 0.05) is 13.6 Å². The molecule has 1 amide bonds. The van der Waals surface area contributed by atoms with Gasteiger partial charge in [-0.05, 0) is 19.1 Å². The van der Waals surface area contributed by atoms with E-state index in [0.717, 1.165) is 0 Å². The molecule has 3 N–H and O–H groups in total. The molecule has 0 spiro atoms. The van der Waals surface area contributed by atoms with Crippen LogP contribution in [0.25, 0.3) is 0 Å².